The average molecular weight is 1260 g/mol. The van der Waals surface area contributed by atoms with E-state index in [4.69, 9.17) is 11.5 Å². The average Bonchev–Trinajstić information content (AvgIpc) is 1.24. The first-order chi connectivity index (χ1) is 42.4. The third-order valence-corrected chi connectivity index (χ3v) is 14.1. The van der Waals surface area contributed by atoms with Crippen molar-refractivity contribution in [2.24, 2.45) is 23.3 Å². The Hall–Kier alpha value is -9.71. The van der Waals surface area contributed by atoms with Crippen LogP contribution in [-0.4, -0.2) is 175 Å². The van der Waals surface area contributed by atoms with E-state index in [1.165, 1.54) is 55.5 Å². The van der Waals surface area contributed by atoms with Gasteiger partial charge >= 0.3 is 23.9 Å². The first kappa shape index (κ1) is 74.5. The van der Waals surface area contributed by atoms with Gasteiger partial charge in [0.05, 0.1) is 12.5 Å². The summed E-state index contributed by atoms with van der Waals surface area (Å²) in [6, 6.07) is 3.17. The fourth-order valence-electron chi connectivity index (χ4n) is 8.81. The zero-order chi connectivity index (χ0) is 67.4. The molecule has 0 aliphatic heterocycles. The predicted molar refractivity (Wildman–Crippen MR) is 321 cm³/mol. The second-order valence-electron chi connectivity index (χ2n) is 22.2. The number of carbonyl (C=O) groups excluding carboxylic acids is 9. The molecule has 0 aromatic heterocycles. The maximum Gasteiger partial charge on any atom is 0.326 e. The van der Waals surface area contributed by atoms with Crippen LogP contribution in [0.4, 0.5) is 0 Å². The number of phenolic OH excluding ortho intramolecular Hbond substituents is 2. The lowest BCUT2D eigenvalue weighted by Gasteiger charge is -2.28. The predicted octanol–water partition coefficient (Wildman–Crippen LogP) is -1.43. The summed E-state index contributed by atoms with van der Waals surface area (Å²) in [6.45, 7) is 7.95. The number of hydrogen-bond acceptors (Lipinski definition) is 17. The molecule has 0 heterocycles. The molecule has 90 heavy (non-hydrogen) atoms. The van der Waals surface area contributed by atoms with Gasteiger partial charge in [-0.1, -0.05) is 82.3 Å². The second-order valence-corrected chi connectivity index (χ2v) is 22.2. The summed E-state index contributed by atoms with van der Waals surface area (Å²) in [4.78, 5) is 174. The van der Waals surface area contributed by atoms with Crippen LogP contribution in [0.15, 0.2) is 78.9 Å². The molecule has 0 unspecified atom stereocenters. The van der Waals surface area contributed by atoms with Crippen molar-refractivity contribution >= 4 is 77.0 Å². The highest BCUT2D eigenvalue weighted by molar-refractivity contribution is 5.99. The summed E-state index contributed by atoms with van der Waals surface area (Å²) in [7, 11) is 0. The Morgan fingerprint density at radius 1 is 0.389 bits per heavy atom. The largest absolute Gasteiger partial charge is 0.508 e. The number of carboxylic acid groups (broad SMARTS) is 4. The number of unbranched alkanes of at least 4 members (excludes halogenated alkanes) is 1. The number of carboxylic acids is 4. The van der Waals surface area contributed by atoms with E-state index >= 15 is 0 Å². The summed E-state index contributed by atoms with van der Waals surface area (Å²) >= 11 is 0. The minimum absolute atomic E-state index is 0.0104. The molecule has 0 saturated heterocycles. The lowest BCUT2D eigenvalue weighted by Crippen LogP contribution is -2.61. The Bertz CT molecular complexity index is 2970. The number of phenols is 2. The molecule has 3 aromatic carbocycles. The van der Waals surface area contributed by atoms with Crippen molar-refractivity contribution in [3.8, 4) is 11.5 Å². The van der Waals surface area contributed by atoms with Crippen molar-refractivity contribution in [2.75, 3.05) is 6.54 Å². The number of amides is 9. The van der Waals surface area contributed by atoms with Crippen LogP contribution in [0.3, 0.4) is 0 Å². The molecule has 0 fully saturated rings. The molecule has 0 aliphatic carbocycles. The van der Waals surface area contributed by atoms with Crippen LogP contribution in [0.5, 0.6) is 11.5 Å². The summed E-state index contributed by atoms with van der Waals surface area (Å²) in [5, 5.41) is 80.8. The van der Waals surface area contributed by atoms with Gasteiger partial charge in [-0.05, 0) is 98.4 Å². The van der Waals surface area contributed by atoms with E-state index in [0.717, 1.165) is 0 Å². The Balaban J connectivity index is 1.98. The summed E-state index contributed by atoms with van der Waals surface area (Å²) in [5.41, 5.74) is 12.8. The highest BCUT2D eigenvalue weighted by Crippen LogP contribution is 2.16. The summed E-state index contributed by atoms with van der Waals surface area (Å²) in [5.74, 6) is -16.9. The van der Waals surface area contributed by atoms with E-state index in [9.17, 15) is 93.0 Å². The number of hydrogen-bond donors (Lipinski definition) is 17. The molecule has 0 radical (unpaired) electrons. The standard InChI is InChI=1S/C60H83N11O19/c1-31(2)49(62)58(87)70-42(27-34-11-7-6-8-12-34)54(83)63-33(5)51(80)67-45(30-48(78)79)56(85)69-43(28-35-14-18-37(72)19-15-35)55(84)65-39(22-24-46(74)75)52(81)64-40(23-25-47(76)77)53(82)68-44(29-36-16-20-38(73)21-17-36)57(86)71-50(32(3)4)59(88)66-41(60(89)90)13-9-10-26-61/h6-8,11-12,14-21,31-33,39-45,49-50,72-73H,9-10,13,22-30,61-62H2,1-5H3,(H,63,83)(H,64,81)(H,65,84)(H,66,88)(H,67,80)(H,68,82)(H,69,85)(H,70,87)(H,71,86)(H,74,75)(H,76,77)(H,78,79)(H,89,90)/t33-,39-,40-,41-,42-,43-,44-,45-,49-,50-/m0/s1. The Morgan fingerprint density at radius 3 is 1.18 bits per heavy atom. The minimum atomic E-state index is -1.98. The van der Waals surface area contributed by atoms with Crippen molar-refractivity contribution < 1.29 is 93.0 Å². The fraction of sp³-hybridized carbons (Fsp3) is 0.483. The van der Waals surface area contributed by atoms with Gasteiger partial charge in [-0.2, -0.15) is 0 Å². The zero-order valence-electron chi connectivity index (χ0n) is 50.6. The molecule has 0 bridgehead atoms. The third kappa shape index (κ3) is 26.3. The van der Waals surface area contributed by atoms with Gasteiger partial charge in [-0.15, -0.1) is 0 Å². The fourth-order valence-corrected chi connectivity index (χ4v) is 8.81. The molecule has 10 atom stereocenters. The summed E-state index contributed by atoms with van der Waals surface area (Å²) < 4.78 is 0. The Labute approximate surface area is 518 Å². The van der Waals surface area contributed by atoms with Crippen molar-refractivity contribution in [1.29, 1.82) is 0 Å². The van der Waals surface area contributed by atoms with Crippen molar-refractivity contribution in [2.45, 2.75) is 166 Å². The van der Waals surface area contributed by atoms with Gasteiger partial charge in [0.25, 0.3) is 0 Å². The number of benzene rings is 3. The number of nitrogens with two attached hydrogens (primary N) is 2. The molecule has 0 aliphatic rings. The van der Waals surface area contributed by atoms with Crippen LogP contribution < -0.4 is 59.3 Å². The molecular formula is C60H83N11O19. The van der Waals surface area contributed by atoms with E-state index in [0.29, 0.717) is 24.0 Å². The van der Waals surface area contributed by atoms with Gasteiger partial charge in [0, 0.05) is 32.1 Å². The molecule has 9 amide bonds. The first-order valence-electron chi connectivity index (χ1n) is 29.1. The van der Waals surface area contributed by atoms with E-state index in [-0.39, 0.29) is 48.8 Å². The van der Waals surface area contributed by atoms with Gasteiger partial charge in [-0.3, -0.25) is 57.5 Å². The van der Waals surface area contributed by atoms with Gasteiger partial charge in [0.1, 0.15) is 65.9 Å². The van der Waals surface area contributed by atoms with Crippen LogP contribution in [0.25, 0.3) is 0 Å². The molecule has 30 heteroatoms. The van der Waals surface area contributed by atoms with E-state index < -0.39 is 182 Å². The van der Waals surface area contributed by atoms with Crippen molar-refractivity contribution in [1.82, 2.24) is 47.9 Å². The van der Waals surface area contributed by atoms with Crippen LogP contribution in [0, 0.1) is 11.8 Å². The van der Waals surface area contributed by atoms with Gasteiger partial charge in [-0.25, -0.2) is 4.79 Å². The topological polar surface area (TPSA) is 504 Å². The quantitative estimate of drug-likeness (QED) is 0.0291. The monoisotopic (exact) mass is 1260 g/mol. The smallest absolute Gasteiger partial charge is 0.326 e. The first-order valence-corrected chi connectivity index (χ1v) is 29.1. The van der Waals surface area contributed by atoms with Gasteiger partial charge in [0.15, 0.2) is 0 Å². The number of nitrogens with one attached hydrogen (secondary N) is 9. The molecule has 0 saturated carbocycles. The highest BCUT2D eigenvalue weighted by Gasteiger charge is 2.37. The molecule has 3 aromatic rings. The number of aliphatic carboxylic acids is 4. The maximum atomic E-state index is 14.5. The molecule has 492 valence electrons. The normalized spacial score (nSPS) is 14.4. The lowest BCUT2D eigenvalue weighted by atomic mass is 9.99. The highest BCUT2D eigenvalue weighted by atomic mass is 16.4. The van der Waals surface area contributed by atoms with Gasteiger partial charge in [0.2, 0.25) is 53.2 Å². The molecule has 30 nitrogen and oxygen atoms in total. The van der Waals surface area contributed by atoms with Crippen LogP contribution in [-0.2, 0) is 81.6 Å². The zero-order valence-corrected chi connectivity index (χ0v) is 50.6. The molecular weight excluding hydrogens is 1180 g/mol. The van der Waals surface area contributed by atoms with Crippen LogP contribution >= 0.6 is 0 Å². The van der Waals surface area contributed by atoms with Gasteiger partial charge < -0.3 is 90.0 Å². The maximum absolute atomic E-state index is 14.5. The minimum Gasteiger partial charge on any atom is -0.508 e. The third-order valence-electron chi connectivity index (χ3n) is 14.1. The Morgan fingerprint density at radius 2 is 0.767 bits per heavy atom. The summed E-state index contributed by atoms with van der Waals surface area (Å²) in [6.07, 6.45) is -4.21. The van der Waals surface area contributed by atoms with E-state index in [1.54, 1.807) is 58.0 Å². The number of rotatable bonds is 39. The lowest BCUT2D eigenvalue weighted by molar-refractivity contribution is -0.143. The van der Waals surface area contributed by atoms with E-state index in [1.807, 2.05) is 0 Å². The van der Waals surface area contributed by atoms with Crippen LogP contribution in [0.2, 0.25) is 0 Å². The van der Waals surface area contributed by atoms with E-state index in [2.05, 4.69) is 47.9 Å². The van der Waals surface area contributed by atoms with Crippen LogP contribution in [0.1, 0.15) is 103 Å². The van der Waals surface area contributed by atoms with Crippen molar-refractivity contribution in [3.05, 3.63) is 95.6 Å². The Kier molecular flexibility index (Phi) is 30.8. The second kappa shape index (κ2) is 37.2. The molecule has 19 N–H and O–H groups in total. The number of aromatic hydroxyl groups is 2. The SMILES string of the molecule is CC(C)[C@H](N)C(=O)N[C@@H](Cc1ccccc1)C(=O)N[C@@H](C)C(=O)N[C@@H](CC(=O)O)C(=O)N[C@@H](Cc1ccc(O)cc1)C(=O)N[C@@H](CCC(=O)O)C(=O)N[C@@H](CCC(=O)O)C(=O)N[C@@H](Cc1ccc(O)cc1)C(=O)N[C@H](C(=O)N[C@@H](CCCCN)C(=O)O)C(C)C. The molecule has 3 rings (SSSR count). The number of carbonyl (C=O) groups is 13. The van der Waals surface area contributed by atoms with Crippen molar-refractivity contribution in [3.63, 3.8) is 0 Å². The molecule has 0 spiro atoms.